The Morgan fingerprint density at radius 1 is 1.17 bits per heavy atom. The number of ether oxygens (including phenoxy) is 1. The molecule has 1 heterocycles. The van der Waals surface area contributed by atoms with Crippen LogP contribution in [0.5, 0.6) is 0 Å². The van der Waals surface area contributed by atoms with Crippen molar-refractivity contribution >= 4 is 6.08 Å². The monoisotopic (exact) mass is 340 g/mol. The molecule has 1 N–H and O–H groups in total. The van der Waals surface area contributed by atoms with Gasteiger partial charge in [0.25, 0.3) is 0 Å². The summed E-state index contributed by atoms with van der Waals surface area (Å²) in [5, 5.41) is 9.34. The van der Waals surface area contributed by atoms with E-state index in [1.54, 1.807) is 0 Å². The van der Waals surface area contributed by atoms with E-state index in [2.05, 4.69) is 13.2 Å². The molecule has 0 aromatic heterocycles. The van der Waals surface area contributed by atoms with Crippen LogP contribution in [0.4, 0.5) is 13.2 Å². The van der Waals surface area contributed by atoms with Gasteiger partial charge < -0.3 is 9.84 Å². The number of epoxide rings is 1. The molecule has 1 saturated heterocycles. The van der Waals surface area contributed by atoms with E-state index in [9.17, 15) is 18.3 Å². The maximum absolute atomic E-state index is 12.4. The van der Waals surface area contributed by atoms with E-state index in [0.717, 1.165) is 6.92 Å². The zero-order chi connectivity index (χ0) is 18.0. The largest absolute Gasteiger partial charge is 0.421 e. The average molecular weight is 340 g/mol. The quantitative estimate of drug-likeness (QED) is 0.631. The van der Waals surface area contributed by atoms with E-state index >= 15 is 0 Å². The van der Waals surface area contributed by atoms with Crippen LogP contribution in [0.2, 0.25) is 0 Å². The fourth-order valence-electron chi connectivity index (χ4n) is 2.84. The second-order valence-electron chi connectivity index (χ2n) is 6.37. The number of alkyl halides is 3. The lowest BCUT2D eigenvalue weighted by atomic mass is 9.90. The van der Waals surface area contributed by atoms with Crippen molar-refractivity contribution in [3.05, 3.63) is 54.6 Å². The summed E-state index contributed by atoms with van der Waals surface area (Å²) in [5.41, 5.74) is -2.29. The Morgan fingerprint density at radius 2 is 1.79 bits per heavy atom. The first-order valence-corrected chi connectivity index (χ1v) is 8.00. The molecular formula is C19H23F3O2. The molecule has 1 aromatic rings. The Bertz CT molecular complexity index is 575. The van der Waals surface area contributed by atoms with Crippen LogP contribution in [0, 0.1) is 5.92 Å². The zero-order valence-electron chi connectivity index (χ0n) is 13.7. The minimum absolute atomic E-state index is 0.180. The molecule has 1 saturated carbocycles. The summed E-state index contributed by atoms with van der Waals surface area (Å²) in [6.07, 6.45) is 3.98. The minimum atomic E-state index is -4.68. The van der Waals surface area contributed by atoms with Gasteiger partial charge in [-0.15, -0.1) is 6.58 Å². The Kier molecular flexibility index (Phi) is 5.56. The van der Waals surface area contributed by atoms with Gasteiger partial charge in [0.05, 0.1) is 12.2 Å². The molecule has 2 aliphatic rings. The fraction of sp³-hybridized carbons (Fsp3) is 0.474. The van der Waals surface area contributed by atoms with Gasteiger partial charge in [0.15, 0.2) is 5.60 Å². The molecule has 0 amide bonds. The van der Waals surface area contributed by atoms with Crippen LogP contribution in [0.15, 0.2) is 43.5 Å². The number of fused-ring (bicyclic) bond motifs is 1. The van der Waals surface area contributed by atoms with Crippen LogP contribution in [-0.2, 0) is 10.3 Å². The van der Waals surface area contributed by atoms with Gasteiger partial charge in [-0.25, -0.2) is 0 Å². The molecular weight excluding hydrogens is 317 g/mol. The first kappa shape index (κ1) is 18.7. The van der Waals surface area contributed by atoms with Crippen molar-refractivity contribution in [1.82, 2.24) is 0 Å². The van der Waals surface area contributed by atoms with Crippen molar-refractivity contribution in [3.8, 4) is 0 Å². The minimum Gasteiger partial charge on any atom is -0.376 e. The topological polar surface area (TPSA) is 32.8 Å². The molecule has 0 spiro atoms. The van der Waals surface area contributed by atoms with Crippen molar-refractivity contribution in [2.24, 2.45) is 5.92 Å². The summed E-state index contributed by atoms with van der Waals surface area (Å²) in [4.78, 5) is 0. The fourth-order valence-corrected chi connectivity index (χ4v) is 2.84. The molecule has 1 aliphatic heterocycles. The van der Waals surface area contributed by atoms with E-state index in [-0.39, 0.29) is 5.56 Å². The number of hydrogen-bond donors (Lipinski definition) is 1. The summed E-state index contributed by atoms with van der Waals surface area (Å²) >= 11 is 0. The Morgan fingerprint density at radius 3 is 2.25 bits per heavy atom. The highest BCUT2D eigenvalue weighted by atomic mass is 19.4. The van der Waals surface area contributed by atoms with E-state index in [1.165, 1.54) is 49.6 Å². The van der Waals surface area contributed by atoms with E-state index < -0.39 is 11.8 Å². The third-order valence-corrected chi connectivity index (χ3v) is 4.63. The van der Waals surface area contributed by atoms with Gasteiger partial charge in [-0.3, -0.25) is 0 Å². The van der Waals surface area contributed by atoms with Crippen LogP contribution < -0.4 is 0 Å². The molecule has 1 aromatic carbocycles. The van der Waals surface area contributed by atoms with Crippen LogP contribution in [-0.4, -0.2) is 23.5 Å². The van der Waals surface area contributed by atoms with Crippen LogP contribution in [0.1, 0.15) is 37.3 Å². The molecule has 2 fully saturated rings. The maximum atomic E-state index is 12.4. The van der Waals surface area contributed by atoms with Gasteiger partial charge in [0.2, 0.25) is 0 Å². The third-order valence-electron chi connectivity index (χ3n) is 4.63. The summed E-state index contributed by atoms with van der Waals surface area (Å²) in [6, 6.07) is 5.43. The van der Waals surface area contributed by atoms with Gasteiger partial charge >= 0.3 is 6.18 Å². The molecule has 3 rings (SSSR count). The zero-order valence-corrected chi connectivity index (χ0v) is 13.7. The predicted octanol–water partition coefficient (Wildman–Crippen LogP) is 4.84. The standard InChI is InChI=1S/C11H11F3O.C8H12O/c1-3-8-4-6-9(7-5-8)10(2,15)11(12,13)14;1-2-6-4-3-5-7-8(6)9-7/h3-7,15H,1H2,2H3;2,6-8H,1,3-5H2. The third kappa shape index (κ3) is 4.08. The molecule has 4 atom stereocenters. The van der Waals surface area contributed by atoms with E-state index in [1.807, 2.05) is 6.08 Å². The average Bonchev–Trinajstić information content (AvgIpc) is 3.34. The number of halogens is 3. The number of hydrogen-bond acceptors (Lipinski definition) is 2. The molecule has 132 valence electrons. The van der Waals surface area contributed by atoms with E-state index in [4.69, 9.17) is 4.74 Å². The van der Waals surface area contributed by atoms with Gasteiger partial charge in [0, 0.05) is 5.92 Å². The lowest BCUT2D eigenvalue weighted by Crippen LogP contribution is -2.39. The van der Waals surface area contributed by atoms with Gasteiger partial charge in [-0.1, -0.05) is 49.4 Å². The summed E-state index contributed by atoms with van der Waals surface area (Å²) < 4.78 is 42.7. The number of aliphatic hydroxyl groups is 1. The number of benzene rings is 1. The summed E-state index contributed by atoms with van der Waals surface area (Å²) in [7, 11) is 0. The lowest BCUT2D eigenvalue weighted by molar-refractivity contribution is -0.258. The summed E-state index contributed by atoms with van der Waals surface area (Å²) in [5.74, 6) is 0.670. The Balaban J connectivity index is 0.000000194. The highest BCUT2D eigenvalue weighted by Crippen LogP contribution is 2.41. The first-order valence-electron chi connectivity index (χ1n) is 8.00. The van der Waals surface area contributed by atoms with E-state index in [0.29, 0.717) is 23.7 Å². The molecule has 0 radical (unpaired) electrons. The van der Waals surface area contributed by atoms with Crippen LogP contribution >= 0.6 is 0 Å². The van der Waals surface area contributed by atoms with Crippen LogP contribution in [0.3, 0.4) is 0 Å². The van der Waals surface area contributed by atoms with Crippen molar-refractivity contribution in [1.29, 1.82) is 0 Å². The Hall–Kier alpha value is -1.59. The second kappa shape index (κ2) is 7.11. The highest BCUT2D eigenvalue weighted by molar-refractivity contribution is 5.47. The molecule has 2 nitrogen and oxygen atoms in total. The summed E-state index contributed by atoms with van der Waals surface area (Å²) in [6.45, 7) is 8.00. The first-order chi connectivity index (χ1) is 11.2. The molecule has 4 unspecified atom stereocenters. The molecule has 1 aliphatic carbocycles. The molecule has 5 heteroatoms. The second-order valence-corrected chi connectivity index (χ2v) is 6.37. The highest BCUT2D eigenvalue weighted by Gasteiger charge is 2.51. The van der Waals surface area contributed by atoms with Crippen molar-refractivity contribution in [3.63, 3.8) is 0 Å². The van der Waals surface area contributed by atoms with Gasteiger partial charge in [-0.2, -0.15) is 13.2 Å². The molecule has 24 heavy (non-hydrogen) atoms. The van der Waals surface area contributed by atoms with Gasteiger partial charge in [0.1, 0.15) is 0 Å². The molecule has 0 bridgehead atoms. The SMILES string of the molecule is C=CC1CCCC2OC12.C=Cc1ccc(C(C)(O)C(F)(F)F)cc1. The Labute approximate surface area is 140 Å². The maximum Gasteiger partial charge on any atom is 0.421 e. The number of rotatable bonds is 3. The van der Waals surface area contributed by atoms with Crippen molar-refractivity contribution in [2.45, 2.75) is 50.2 Å². The smallest absolute Gasteiger partial charge is 0.376 e. The normalized spacial score (nSPS) is 27.8. The van der Waals surface area contributed by atoms with Gasteiger partial charge in [-0.05, 0) is 30.9 Å². The lowest BCUT2D eigenvalue weighted by Gasteiger charge is -2.26. The van der Waals surface area contributed by atoms with Crippen molar-refractivity contribution in [2.75, 3.05) is 0 Å². The van der Waals surface area contributed by atoms with Crippen molar-refractivity contribution < 1.29 is 23.0 Å². The predicted molar refractivity (Wildman–Crippen MR) is 88.4 cm³/mol. The van der Waals surface area contributed by atoms with Crippen LogP contribution in [0.25, 0.3) is 6.08 Å².